The predicted molar refractivity (Wildman–Crippen MR) is 165 cm³/mol. The molecule has 0 bridgehead atoms. The normalized spacial score (nSPS) is 12.1. The van der Waals surface area contributed by atoms with Gasteiger partial charge in [0.1, 0.15) is 5.70 Å². The number of amides is 3. The largest absolute Gasteiger partial charge is 0.418 e. The van der Waals surface area contributed by atoms with Crippen molar-refractivity contribution in [2.75, 3.05) is 10.6 Å². The van der Waals surface area contributed by atoms with Crippen LogP contribution in [0, 0.1) is 10.1 Å². The van der Waals surface area contributed by atoms with Crippen LogP contribution in [0.3, 0.4) is 0 Å². The Morgan fingerprint density at radius 1 is 0.844 bits per heavy atom. The van der Waals surface area contributed by atoms with Crippen molar-refractivity contribution in [3.05, 3.63) is 136 Å². The van der Waals surface area contributed by atoms with Gasteiger partial charge in [0, 0.05) is 28.3 Å². The number of para-hydroxylation sites is 1. The summed E-state index contributed by atoms with van der Waals surface area (Å²) in [6, 6.07) is 24.7. The zero-order chi connectivity index (χ0) is 32.6. The summed E-state index contributed by atoms with van der Waals surface area (Å²) in [5.74, 6) is -1.84. The van der Waals surface area contributed by atoms with E-state index < -0.39 is 39.6 Å². The van der Waals surface area contributed by atoms with Gasteiger partial charge >= 0.3 is 6.18 Å². The van der Waals surface area contributed by atoms with Crippen LogP contribution in [0.2, 0.25) is 0 Å². The van der Waals surface area contributed by atoms with Gasteiger partial charge in [-0.15, -0.1) is 11.8 Å². The molecule has 0 spiro atoms. The van der Waals surface area contributed by atoms with Crippen LogP contribution in [-0.2, 0) is 15.8 Å². The lowest BCUT2D eigenvalue weighted by Gasteiger charge is -2.16. The molecule has 4 rings (SSSR count). The summed E-state index contributed by atoms with van der Waals surface area (Å²) in [6.45, 7) is 1.55. The summed E-state index contributed by atoms with van der Waals surface area (Å²) in [5.41, 5.74) is -0.459. The second kappa shape index (κ2) is 14.4. The Balaban J connectivity index is 1.45. The first-order chi connectivity index (χ1) is 21.4. The van der Waals surface area contributed by atoms with E-state index in [9.17, 15) is 37.7 Å². The molecule has 0 heterocycles. The first-order valence-electron chi connectivity index (χ1n) is 13.3. The standard InChI is InChI=1S/C32H25F3N4O5S/c1-20(29(40)37-27-10-6-5-9-26(27)32(33,34)35)45-25-17-13-23(14-18-25)36-31(42)28(38-30(41)22-7-3-2-4-8-22)19-21-11-15-24(16-12-21)39(43)44/h2-20H,1H3,(H,36,42)(H,37,40)(H,38,41)/b28-19-. The molecule has 1 atom stereocenters. The third kappa shape index (κ3) is 9.03. The molecule has 9 nitrogen and oxygen atoms in total. The minimum absolute atomic E-state index is 0.124. The zero-order valence-electron chi connectivity index (χ0n) is 23.5. The molecule has 0 aliphatic rings. The lowest BCUT2D eigenvalue weighted by Crippen LogP contribution is -2.30. The smallest absolute Gasteiger partial charge is 0.325 e. The molecule has 230 valence electrons. The summed E-state index contributed by atoms with van der Waals surface area (Å²) in [5, 5.41) is 17.8. The Morgan fingerprint density at radius 2 is 1.47 bits per heavy atom. The molecule has 13 heteroatoms. The lowest BCUT2D eigenvalue weighted by atomic mass is 10.1. The molecule has 3 N–H and O–H groups in total. The van der Waals surface area contributed by atoms with Crippen molar-refractivity contribution < 1.29 is 32.5 Å². The highest BCUT2D eigenvalue weighted by Gasteiger charge is 2.34. The van der Waals surface area contributed by atoms with Gasteiger partial charge in [0.15, 0.2) is 0 Å². The number of hydrogen-bond donors (Lipinski definition) is 3. The summed E-state index contributed by atoms with van der Waals surface area (Å²) in [7, 11) is 0. The zero-order valence-corrected chi connectivity index (χ0v) is 24.3. The Hall–Kier alpha value is -5.43. The average Bonchev–Trinajstić information content (AvgIpc) is 3.02. The maximum atomic E-state index is 13.3. The van der Waals surface area contributed by atoms with Gasteiger partial charge in [-0.2, -0.15) is 13.2 Å². The molecule has 0 saturated heterocycles. The molecule has 0 aliphatic heterocycles. The third-order valence-corrected chi connectivity index (χ3v) is 7.34. The van der Waals surface area contributed by atoms with Crippen molar-refractivity contribution in [3.8, 4) is 0 Å². The van der Waals surface area contributed by atoms with Gasteiger partial charge in [-0.25, -0.2) is 0 Å². The highest BCUT2D eigenvalue weighted by molar-refractivity contribution is 8.00. The minimum atomic E-state index is -4.62. The molecule has 3 amide bonds. The van der Waals surface area contributed by atoms with Gasteiger partial charge < -0.3 is 16.0 Å². The van der Waals surface area contributed by atoms with Crippen molar-refractivity contribution >= 4 is 52.6 Å². The summed E-state index contributed by atoms with van der Waals surface area (Å²) in [4.78, 5) is 49.8. The van der Waals surface area contributed by atoms with Crippen molar-refractivity contribution in [1.82, 2.24) is 5.32 Å². The van der Waals surface area contributed by atoms with E-state index in [2.05, 4.69) is 16.0 Å². The highest BCUT2D eigenvalue weighted by Crippen LogP contribution is 2.35. The number of non-ortho nitro benzene ring substituents is 1. The predicted octanol–water partition coefficient (Wildman–Crippen LogP) is 7.14. The van der Waals surface area contributed by atoms with E-state index in [0.717, 1.165) is 17.8 Å². The van der Waals surface area contributed by atoms with Gasteiger partial charge in [-0.3, -0.25) is 24.5 Å². The number of rotatable bonds is 10. The van der Waals surface area contributed by atoms with Crippen LogP contribution < -0.4 is 16.0 Å². The quantitative estimate of drug-likeness (QED) is 0.0736. The van der Waals surface area contributed by atoms with E-state index in [0.29, 0.717) is 21.7 Å². The molecule has 0 aliphatic carbocycles. The fraction of sp³-hybridized carbons (Fsp3) is 0.0938. The third-order valence-electron chi connectivity index (χ3n) is 6.23. The number of thioether (sulfide) groups is 1. The summed E-state index contributed by atoms with van der Waals surface area (Å²) < 4.78 is 39.8. The monoisotopic (exact) mass is 634 g/mol. The van der Waals surface area contributed by atoms with Gasteiger partial charge in [-0.1, -0.05) is 30.3 Å². The topological polar surface area (TPSA) is 130 Å². The van der Waals surface area contributed by atoms with E-state index in [1.54, 1.807) is 61.5 Å². The second-order valence-corrected chi connectivity index (χ2v) is 10.9. The Kier molecular flexibility index (Phi) is 10.4. The molecular weight excluding hydrogens is 609 g/mol. The first-order valence-corrected chi connectivity index (χ1v) is 14.2. The fourth-order valence-corrected chi connectivity index (χ4v) is 4.82. The number of nitro groups is 1. The Morgan fingerprint density at radius 3 is 2.09 bits per heavy atom. The lowest BCUT2D eigenvalue weighted by molar-refractivity contribution is -0.384. The van der Waals surface area contributed by atoms with E-state index in [1.807, 2.05) is 0 Å². The van der Waals surface area contributed by atoms with Crippen molar-refractivity contribution in [2.24, 2.45) is 0 Å². The van der Waals surface area contributed by atoms with Crippen LogP contribution in [0.5, 0.6) is 0 Å². The number of carbonyl (C=O) groups is 3. The number of hydrogen-bond acceptors (Lipinski definition) is 6. The molecule has 4 aromatic carbocycles. The molecule has 0 fully saturated rings. The maximum absolute atomic E-state index is 13.3. The van der Waals surface area contributed by atoms with Crippen LogP contribution in [0.25, 0.3) is 6.08 Å². The SMILES string of the molecule is CC(Sc1ccc(NC(=O)/C(=C/c2ccc([N+](=O)[O-])cc2)NC(=O)c2ccccc2)cc1)C(=O)Nc1ccccc1C(F)(F)F. The molecule has 45 heavy (non-hydrogen) atoms. The number of alkyl halides is 3. The molecule has 4 aromatic rings. The van der Waals surface area contributed by atoms with Crippen molar-refractivity contribution in [2.45, 2.75) is 23.2 Å². The number of benzene rings is 4. The van der Waals surface area contributed by atoms with E-state index in [4.69, 9.17) is 0 Å². The van der Waals surface area contributed by atoms with Gasteiger partial charge in [-0.05, 0) is 79.2 Å². The van der Waals surface area contributed by atoms with Crippen LogP contribution in [0.1, 0.15) is 28.4 Å². The fourth-order valence-electron chi connectivity index (χ4n) is 3.95. The Bertz CT molecular complexity index is 1730. The second-order valence-electron chi connectivity index (χ2n) is 9.50. The molecule has 1 unspecified atom stereocenters. The van der Waals surface area contributed by atoms with Crippen molar-refractivity contribution in [3.63, 3.8) is 0 Å². The van der Waals surface area contributed by atoms with Crippen LogP contribution in [-0.4, -0.2) is 27.9 Å². The summed E-state index contributed by atoms with van der Waals surface area (Å²) >= 11 is 1.11. The number of anilines is 2. The van der Waals surface area contributed by atoms with Gasteiger partial charge in [0.05, 0.1) is 21.4 Å². The maximum Gasteiger partial charge on any atom is 0.418 e. The van der Waals surface area contributed by atoms with Gasteiger partial charge in [0.25, 0.3) is 17.5 Å². The summed E-state index contributed by atoms with van der Waals surface area (Å²) in [6.07, 6.45) is -3.25. The number of nitrogens with zero attached hydrogens (tertiary/aromatic N) is 1. The van der Waals surface area contributed by atoms with Crippen molar-refractivity contribution in [1.29, 1.82) is 0 Å². The number of carbonyl (C=O) groups excluding carboxylic acids is 3. The molecule has 0 aromatic heterocycles. The number of nitrogens with one attached hydrogen (secondary N) is 3. The first kappa shape index (κ1) is 32.5. The van der Waals surface area contributed by atoms with Gasteiger partial charge in [0.2, 0.25) is 5.91 Å². The molecular formula is C32H25F3N4O5S. The van der Waals surface area contributed by atoms with Crippen LogP contribution in [0.4, 0.5) is 30.2 Å². The minimum Gasteiger partial charge on any atom is -0.325 e. The highest BCUT2D eigenvalue weighted by atomic mass is 32.2. The number of halogens is 3. The average molecular weight is 635 g/mol. The number of nitro benzene ring substituents is 1. The van der Waals surface area contributed by atoms with E-state index in [-0.39, 0.29) is 17.1 Å². The van der Waals surface area contributed by atoms with Crippen LogP contribution >= 0.6 is 11.8 Å². The van der Waals surface area contributed by atoms with Crippen LogP contribution in [0.15, 0.2) is 114 Å². The van der Waals surface area contributed by atoms with E-state index in [1.165, 1.54) is 48.5 Å². The molecule has 0 radical (unpaired) electrons. The van der Waals surface area contributed by atoms with E-state index >= 15 is 0 Å². The molecule has 0 saturated carbocycles. The Labute approximate surface area is 259 Å².